The summed E-state index contributed by atoms with van der Waals surface area (Å²) in [4.78, 5) is 76.7. The van der Waals surface area contributed by atoms with E-state index in [-0.39, 0.29) is 106 Å². The molecule has 0 atom stereocenters. The summed E-state index contributed by atoms with van der Waals surface area (Å²) in [6.07, 6.45) is 0. The van der Waals surface area contributed by atoms with Gasteiger partial charge in [0.05, 0.1) is 43.7 Å². The molecule has 0 unspecified atom stereocenters. The van der Waals surface area contributed by atoms with Crippen LogP contribution in [0.5, 0.6) is 0 Å². The van der Waals surface area contributed by atoms with Crippen molar-refractivity contribution in [3.63, 3.8) is 0 Å². The van der Waals surface area contributed by atoms with Crippen LogP contribution >= 0.6 is 22.7 Å². The van der Waals surface area contributed by atoms with Gasteiger partial charge in [0.25, 0.3) is 23.2 Å². The van der Waals surface area contributed by atoms with Gasteiger partial charge in [-0.3, -0.25) is 50.0 Å². The minimum absolute atomic E-state index is 0. The summed E-state index contributed by atoms with van der Waals surface area (Å²) in [6.45, 7) is 0. The molecule has 28 nitrogen and oxygen atoms in total. The van der Waals surface area contributed by atoms with Gasteiger partial charge in [-0.05, 0) is 12.1 Å². The number of rotatable bonds is 16. The third-order valence-corrected chi connectivity index (χ3v) is 15.3. The number of aromatic nitrogens is 8. The van der Waals surface area contributed by atoms with Crippen LogP contribution in [0.3, 0.4) is 0 Å². The first-order valence-electron chi connectivity index (χ1n) is 22.6. The molecule has 4 aromatic heterocycles. The number of carbonyl (C=O) groups is 4. The van der Waals surface area contributed by atoms with Crippen molar-refractivity contribution in [1.29, 1.82) is 0 Å². The van der Waals surface area contributed by atoms with E-state index in [1.54, 1.807) is 133 Å². The maximum Gasteiger partial charge on any atom is 2.00 e. The number of benzene rings is 6. The number of anilines is 2. The van der Waals surface area contributed by atoms with Gasteiger partial charge in [0, 0.05) is 46.5 Å². The molecular weight excluding hydrogens is 1210 g/mol. The Morgan fingerprint density at radius 1 is 0.482 bits per heavy atom. The van der Waals surface area contributed by atoms with Crippen molar-refractivity contribution in [2.24, 2.45) is 0 Å². The third-order valence-electron chi connectivity index (χ3n) is 11.1. The molecule has 10 rings (SSSR count). The zero-order chi connectivity index (χ0) is 56.9. The second kappa shape index (κ2) is 26.2. The van der Waals surface area contributed by atoms with Crippen LogP contribution < -0.4 is 10.6 Å². The zero-order valence-electron chi connectivity index (χ0n) is 41.5. The largest absolute Gasteiger partial charge is 2.00 e. The van der Waals surface area contributed by atoms with Crippen molar-refractivity contribution < 1.29 is 73.9 Å². The summed E-state index contributed by atoms with van der Waals surface area (Å²) in [6, 6.07) is 44.7. The van der Waals surface area contributed by atoms with E-state index >= 15 is 0 Å². The Balaban J connectivity index is 0.000000257. The van der Waals surface area contributed by atoms with E-state index < -0.39 is 62.0 Å². The Bertz CT molecular complexity index is 4030. The summed E-state index contributed by atoms with van der Waals surface area (Å²) in [7, 11) is -8.82. The Morgan fingerprint density at radius 2 is 0.807 bits per heavy atom. The average Bonchev–Trinajstić information content (AvgIpc) is 3.77. The molecule has 83 heavy (non-hydrogen) atoms. The second-order valence-electron chi connectivity index (χ2n) is 16.3. The van der Waals surface area contributed by atoms with Crippen molar-refractivity contribution in [1.82, 2.24) is 40.0 Å². The van der Waals surface area contributed by atoms with E-state index in [2.05, 4.69) is 41.2 Å². The van der Waals surface area contributed by atoms with Gasteiger partial charge in [-0.25, -0.2) is 26.2 Å². The Hall–Kier alpha value is -9.80. The monoisotopic (exact) mass is 1250 g/mol. The molecule has 33 heteroatoms. The predicted molar refractivity (Wildman–Crippen MR) is 297 cm³/mol. The number of nitrogens with one attached hydrogen (secondary N) is 4. The Morgan fingerprint density at radius 3 is 1.11 bits per heavy atom. The van der Waals surface area contributed by atoms with Crippen LogP contribution in [0.15, 0.2) is 179 Å². The van der Waals surface area contributed by atoms with Gasteiger partial charge in [-0.15, -0.1) is 20.4 Å². The number of amides is 2. The zero-order valence-corrected chi connectivity index (χ0v) is 45.7. The van der Waals surface area contributed by atoms with Gasteiger partial charge in [0.15, 0.2) is 23.0 Å². The van der Waals surface area contributed by atoms with Gasteiger partial charge in [-0.2, -0.15) is 10.2 Å². The van der Waals surface area contributed by atoms with Crippen LogP contribution in [-0.4, -0.2) is 101 Å². The van der Waals surface area contributed by atoms with Crippen LogP contribution in [0.1, 0.15) is 52.8 Å². The van der Waals surface area contributed by atoms with Gasteiger partial charge in [-0.1, -0.05) is 156 Å². The van der Waals surface area contributed by atoms with Crippen molar-refractivity contribution in [3.8, 4) is 33.9 Å². The summed E-state index contributed by atoms with van der Waals surface area (Å²) < 4.78 is 47.3. The second-order valence-corrected chi connectivity index (χ2v) is 21.6. The van der Waals surface area contributed by atoms with E-state index in [1.165, 1.54) is 45.8 Å². The normalized spacial score (nSPS) is 10.8. The van der Waals surface area contributed by atoms with Crippen molar-refractivity contribution in [2.75, 3.05) is 10.6 Å². The number of nitrogens with zero attached hydrogens (tertiary/aromatic N) is 10. The predicted octanol–water partition coefficient (Wildman–Crippen LogP) is 7.39. The SMILES string of the molecule is O.O.[Cu+2].[NH-]S(=O)(=O)c1nnc(NC(=O)c2nn(-c3cccc([N+](=O)[O-])c3)c(-c3ccccc3)c2C(=O)c2ccccc2)s1.[NH-]S(=O)(=O)c1nnc(NC(=O)c2nn(-c3cccc([N+](=O)[O-])c3)c(-c3ccccc3)c2C(=O)c2ccccc2)s1. The smallest absolute Gasteiger partial charge is 0.558 e. The van der Waals surface area contributed by atoms with E-state index in [4.69, 9.17) is 10.3 Å². The summed E-state index contributed by atoms with van der Waals surface area (Å²) in [5.41, 5.74) is 0.999. The number of nitro groups is 2. The Kier molecular flexibility index (Phi) is 19.7. The maximum atomic E-state index is 13.9. The van der Waals surface area contributed by atoms with Gasteiger partial charge < -0.3 is 21.2 Å². The first-order chi connectivity index (χ1) is 38.3. The fourth-order valence-corrected chi connectivity index (χ4v) is 10.3. The molecule has 0 bridgehead atoms. The number of hydrogen-bond acceptors (Lipinski definition) is 20. The summed E-state index contributed by atoms with van der Waals surface area (Å²) in [5.74, 6) is -2.92. The number of hydrogen-bond donors (Lipinski definition) is 2. The number of carbonyl (C=O) groups excluding carboxylic acids is 4. The van der Waals surface area contributed by atoms with Gasteiger partial charge in [0.2, 0.25) is 18.9 Å². The summed E-state index contributed by atoms with van der Waals surface area (Å²) in [5, 5.41) is 64.4. The fraction of sp³-hybridized carbons (Fsp3) is 0. The quantitative estimate of drug-likeness (QED) is 0.0313. The molecule has 2 amide bonds. The number of sulfonamides is 2. The molecule has 0 saturated heterocycles. The van der Waals surface area contributed by atoms with E-state index in [0.717, 1.165) is 0 Å². The van der Waals surface area contributed by atoms with Crippen LogP contribution in [0.4, 0.5) is 21.6 Å². The van der Waals surface area contributed by atoms with Crippen LogP contribution in [0.25, 0.3) is 44.2 Å². The molecular formula is C50H36CuN14O14S4. The first-order valence-corrected chi connectivity index (χ1v) is 27.2. The van der Waals surface area contributed by atoms with E-state index in [9.17, 15) is 56.2 Å². The fourth-order valence-electron chi connectivity index (χ4n) is 7.68. The molecule has 425 valence electrons. The summed E-state index contributed by atoms with van der Waals surface area (Å²) >= 11 is 0.917. The molecule has 0 aliphatic heterocycles. The molecule has 1 radical (unpaired) electrons. The molecule has 0 spiro atoms. The molecule has 10 aromatic rings. The van der Waals surface area contributed by atoms with Gasteiger partial charge >= 0.3 is 17.1 Å². The number of non-ortho nitro benzene ring substituents is 2. The Labute approximate surface area is 486 Å². The maximum absolute atomic E-state index is 13.9. The average molecular weight is 1250 g/mol. The van der Waals surface area contributed by atoms with Crippen LogP contribution in [-0.2, 0) is 37.1 Å². The number of nitro benzene ring substituents is 2. The minimum atomic E-state index is -4.41. The molecule has 0 fully saturated rings. The van der Waals surface area contributed by atoms with E-state index in [0.29, 0.717) is 33.8 Å². The standard InChI is InChI=1S/2C25H17N7O6S2.Cu.2H2O/c2*26-40(37,38)25-29-28-24(39-25)27-23(34)20-19(22(33)16-10-5-2-6-11-16)21(15-8-3-1-4-9-15)31(30-20)17-12-7-13-18(14-17)32(35)36;;;/h2*1-14H,(H3,26,27,28,34,37,38);;2*1H2/q;;+2;;/p-2. The topological polar surface area (TPSA) is 445 Å². The molecule has 0 saturated carbocycles. The molecule has 4 heterocycles. The minimum Gasteiger partial charge on any atom is -0.558 e. The number of ketones is 2. The van der Waals surface area contributed by atoms with Crippen molar-refractivity contribution in [3.05, 3.63) is 234 Å². The first kappa shape index (κ1) is 62.4. The van der Waals surface area contributed by atoms with Crippen molar-refractivity contribution in [2.45, 2.75) is 8.68 Å². The van der Waals surface area contributed by atoms with Gasteiger partial charge in [0.1, 0.15) is 20.0 Å². The van der Waals surface area contributed by atoms with Crippen molar-refractivity contribution >= 4 is 87.7 Å². The van der Waals surface area contributed by atoms with Crippen LogP contribution in [0, 0.1) is 20.2 Å². The van der Waals surface area contributed by atoms with E-state index in [1.807, 2.05) is 0 Å². The molecule has 6 aromatic carbocycles. The molecule has 0 aliphatic rings. The molecule has 8 N–H and O–H groups in total. The third kappa shape index (κ3) is 13.9. The molecule has 0 aliphatic carbocycles. The van der Waals surface area contributed by atoms with Crippen LogP contribution in [0.2, 0.25) is 0 Å².